The number of rotatable bonds is 3. The summed E-state index contributed by atoms with van der Waals surface area (Å²) in [5, 5.41) is 19.8. The number of anilines is 1. The molecule has 0 aliphatic rings. The van der Waals surface area contributed by atoms with E-state index in [2.05, 4.69) is 5.32 Å². The molecule has 0 bridgehead atoms. The zero-order valence-electron chi connectivity index (χ0n) is 10.0. The molecule has 0 aromatic heterocycles. The molecule has 0 aliphatic carbocycles. The van der Waals surface area contributed by atoms with Gasteiger partial charge < -0.3 is 10.4 Å². The van der Waals surface area contributed by atoms with Gasteiger partial charge in [0.15, 0.2) is 0 Å². The molecule has 1 aromatic carbocycles. The summed E-state index contributed by atoms with van der Waals surface area (Å²) >= 11 is 0. The molecule has 0 saturated heterocycles. The Bertz CT molecular complexity index is 508. The Morgan fingerprint density at radius 1 is 1.50 bits per heavy atom. The lowest BCUT2D eigenvalue weighted by Gasteiger charge is -2.19. The van der Waals surface area contributed by atoms with Gasteiger partial charge in [-0.1, -0.05) is 6.07 Å². The molecular weight excluding hydrogens is 234 g/mol. The molecule has 1 atom stereocenters. The van der Waals surface area contributed by atoms with Crippen molar-refractivity contribution in [2.24, 2.45) is 0 Å². The monoisotopic (exact) mass is 247 g/mol. The van der Waals surface area contributed by atoms with E-state index in [1.54, 1.807) is 24.3 Å². The molecule has 0 saturated carbocycles. The van der Waals surface area contributed by atoms with Gasteiger partial charge in [-0.25, -0.2) is 4.79 Å². The average Bonchev–Trinajstić information content (AvgIpc) is 2.37. The van der Waals surface area contributed by atoms with Gasteiger partial charge in [0.05, 0.1) is 11.6 Å². The van der Waals surface area contributed by atoms with Crippen molar-refractivity contribution >= 4 is 17.7 Å². The van der Waals surface area contributed by atoms with E-state index in [1.807, 2.05) is 6.07 Å². The fourth-order valence-corrected chi connectivity index (χ4v) is 1.25. The quantitative estimate of drug-likeness (QED) is 0.838. The Morgan fingerprint density at radius 3 is 2.72 bits per heavy atom. The zero-order chi connectivity index (χ0) is 13.7. The van der Waals surface area contributed by atoms with E-state index >= 15 is 0 Å². The van der Waals surface area contributed by atoms with Crippen LogP contribution in [-0.4, -0.2) is 30.2 Å². The first kappa shape index (κ1) is 13.5. The van der Waals surface area contributed by atoms with Crippen molar-refractivity contribution in [1.29, 1.82) is 5.26 Å². The van der Waals surface area contributed by atoms with Gasteiger partial charge in [-0.3, -0.25) is 9.69 Å². The number of nitriles is 1. The minimum atomic E-state index is -1.11. The van der Waals surface area contributed by atoms with Crippen LogP contribution in [0.3, 0.4) is 0 Å². The second kappa shape index (κ2) is 5.68. The number of hydrogen-bond donors (Lipinski definition) is 2. The summed E-state index contributed by atoms with van der Waals surface area (Å²) in [6, 6.07) is 6.93. The minimum Gasteiger partial charge on any atom is -0.480 e. The van der Waals surface area contributed by atoms with E-state index in [4.69, 9.17) is 10.4 Å². The third kappa shape index (κ3) is 3.22. The largest absolute Gasteiger partial charge is 0.480 e. The topological polar surface area (TPSA) is 93.4 Å². The fraction of sp³-hybridized carbons (Fsp3) is 0.250. The highest BCUT2D eigenvalue weighted by atomic mass is 16.4. The lowest BCUT2D eigenvalue weighted by molar-refractivity contribution is -0.138. The highest BCUT2D eigenvalue weighted by Crippen LogP contribution is 2.14. The van der Waals surface area contributed by atoms with Crippen LogP contribution < -0.4 is 10.2 Å². The number of nitrogens with one attached hydrogen (secondary N) is 1. The van der Waals surface area contributed by atoms with Gasteiger partial charge in [0.25, 0.3) is 0 Å². The number of nitrogens with zero attached hydrogens (tertiary/aromatic N) is 2. The van der Waals surface area contributed by atoms with Crippen LogP contribution in [0.5, 0.6) is 0 Å². The van der Waals surface area contributed by atoms with Crippen LogP contribution in [-0.2, 0) is 4.79 Å². The second-order valence-electron chi connectivity index (χ2n) is 3.73. The first-order chi connectivity index (χ1) is 8.45. The zero-order valence-corrected chi connectivity index (χ0v) is 10.0. The fourth-order valence-electron chi connectivity index (χ4n) is 1.25. The molecule has 94 valence electrons. The van der Waals surface area contributed by atoms with Crippen LogP contribution in [0.25, 0.3) is 0 Å². The van der Waals surface area contributed by atoms with Crippen molar-refractivity contribution in [2.45, 2.75) is 13.0 Å². The molecule has 6 nitrogen and oxygen atoms in total. The lowest BCUT2D eigenvalue weighted by atomic mass is 10.2. The van der Waals surface area contributed by atoms with Crippen LogP contribution in [0.1, 0.15) is 12.5 Å². The standard InChI is InChI=1S/C12H13N3O3/c1-8(11(16)17)14-12(18)15(2)10-5-3-4-9(6-10)7-13/h3-6,8H,1-2H3,(H,14,18)(H,16,17). The van der Waals surface area contributed by atoms with Crippen molar-refractivity contribution < 1.29 is 14.7 Å². The highest BCUT2D eigenvalue weighted by Gasteiger charge is 2.17. The van der Waals surface area contributed by atoms with Gasteiger partial charge in [0, 0.05) is 12.7 Å². The summed E-state index contributed by atoms with van der Waals surface area (Å²) in [7, 11) is 1.50. The SMILES string of the molecule is CC(NC(=O)N(C)c1cccc(C#N)c1)C(=O)O. The normalized spacial score (nSPS) is 11.2. The Kier molecular flexibility index (Phi) is 4.27. The van der Waals surface area contributed by atoms with E-state index in [1.165, 1.54) is 18.9 Å². The van der Waals surface area contributed by atoms with Crippen molar-refractivity contribution in [2.75, 3.05) is 11.9 Å². The van der Waals surface area contributed by atoms with Crippen molar-refractivity contribution in [1.82, 2.24) is 5.32 Å². The molecule has 18 heavy (non-hydrogen) atoms. The van der Waals surface area contributed by atoms with E-state index in [9.17, 15) is 9.59 Å². The maximum Gasteiger partial charge on any atom is 0.325 e. The van der Waals surface area contributed by atoms with Gasteiger partial charge in [-0.05, 0) is 25.1 Å². The van der Waals surface area contributed by atoms with Crippen molar-refractivity contribution in [3.63, 3.8) is 0 Å². The number of urea groups is 1. The van der Waals surface area contributed by atoms with Gasteiger partial charge in [0.2, 0.25) is 0 Å². The van der Waals surface area contributed by atoms with Gasteiger partial charge in [-0.2, -0.15) is 5.26 Å². The Balaban J connectivity index is 2.80. The first-order valence-electron chi connectivity index (χ1n) is 5.23. The molecule has 0 heterocycles. The molecule has 2 amide bonds. The number of carboxylic acid groups (broad SMARTS) is 1. The number of carboxylic acids is 1. The smallest absolute Gasteiger partial charge is 0.325 e. The van der Waals surface area contributed by atoms with Crippen LogP contribution in [0, 0.1) is 11.3 Å². The molecule has 1 unspecified atom stereocenters. The number of benzene rings is 1. The Hall–Kier alpha value is -2.55. The van der Waals surface area contributed by atoms with E-state index in [-0.39, 0.29) is 0 Å². The van der Waals surface area contributed by atoms with Crippen LogP contribution in [0.2, 0.25) is 0 Å². The lowest BCUT2D eigenvalue weighted by Crippen LogP contribution is -2.45. The number of carbonyl (C=O) groups is 2. The molecule has 0 fully saturated rings. The maximum atomic E-state index is 11.7. The van der Waals surface area contributed by atoms with Gasteiger partial charge >= 0.3 is 12.0 Å². The molecule has 0 aliphatic heterocycles. The molecular formula is C12H13N3O3. The van der Waals surface area contributed by atoms with Crippen molar-refractivity contribution in [3.05, 3.63) is 29.8 Å². The summed E-state index contributed by atoms with van der Waals surface area (Å²) in [6.07, 6.45) is 0. The van der Waals surface area contributed by atoms with Crippen molar-refractivity contribution in [3.8, 4) is 6.07 Å². The Morgan fingerprint density at radius 2 is 2.17 bits per heavy atom. The average molecular weight is 247 g/mol. The molecule has 1 aromatic rings. The molecule has 1 rings (SSSR count). The molecule has 0 radical (unpaired) electrons. The summed E-state index contributed by atoms with van der Waals surface area (Å²) in [5.74, 6) is -1.11. The predicted molar refractivity (Wildman–Crippen MR) is 65.2 cm³/mol. The molecule has 6 heteroatoms. The van der Waals surface area contributed by atoms with E-state index < -0.39 is 18.0 Å². The predicted octanol–water partition coefficient (Wildman–Crippen LogP) is 1.18. The van der Waals surface area contributed by atoms with Gasteiger partial charge in [0.1, 0.15) is 6.04 Å². The molecule has 0 spiro atoms. The number of hydrogen-bond acceptors (Lipinski definition) is 3. The summed E-state index contributed by atoms with van der Waals surface area (Å²) in [6.45, 7) is 1.37. The van der Waals surface area contributed by atoms with Crippen LogP contribution >= 0.6 is 0 Å². The van der Waals surface area contributed by atoms with E-state index in [0.29, 0.717) is 11.3 Å². The first-order valence-corrected chi connectivity index (χ1v) is 5.23. The van der Waals surface area contributed by atoms with Gasteiger partial charge in [-0.15, -0.1) is 0 Å². The maximum absolute atomic E-state index is 11.7. The summed E-state index contributed by atoms with van der Waals surface area (Å²) in [5.41, 5.74) is 0.947. The van der Waals surface area contributed by atoms with E-state index in [0.717, 1.165) is 0 Å². The number of carbonyl (C=O) groups excluding carboxylic acids is 1. The highest BCUT2D eigenvalue weighted by molar-refractivity contribution is 5.94. The summed E-state index contributed by atoms with van der Waals surface area (Å²) < 4.78 is 0. The van der Waals surface area contributed by atoms with Crippen LogP contribution in [0.15, 0.2) is 24.3 Å². The number of aliphatic carboxylic acids is 1. The number of amides is 2. The minimum absolute atomic E-state index is 0.429. The molecule has 2 N–H and O–H groups in total. The second-order valence-corrected chi connectivity index (χ2v) is 3.73. The third-order valence-electron chi connectivity index (χ3n) is 2.38. The van der Waals surface area contributed by atoms with Crippen LogP contribution in [0.4, 0.5) is 10.5 Å². The Labute approximate surface area is 104 Å². The third-order valence-corrected chi connectivity index (χ3v) is 2.38. The summed E-state index contributed by atoms with van der Waals surface area (Å²) in [4.78, 5) is 23.6.